The van der Waals surface area contributed by atoms with Gasteiger partial charge in [-0.1, -0.05) is 49.4 Å². The highest BCUT2D eigenvalue weighted by atomic mass is 32.1. The molecule has 0 N–H and O–H groups in total. The van der Waals surface area contributed by atoms with Crippen molar-refractivity contribution in [2.24, 2.45) is 0 Å². The zero-order chi connectivity index (χ0) is 23.4. The average molecular weight is 465 g/mol. The molecular weight excluding hydrogens is 435 g/mol. The lowest BCUT2D eigenvalue weighted by Gasteiger charge is -2.38. The molecule has 0 aliphatic carbocycles. The van der Waals surface area contributed by atoms with E-state index in [2.05, 4.69) is 23.6 Å². The predicted octanol–water partition coefficient (Wildman–Crippen LogP) is 5.23. The summed E-state index contributed by atoms with van der Waals surface area (Å²) in [5.41, 5.74) is 3.00. The Morgan fingerprint density at radius 3 is 2.55 bits per heavy atom. The Morgan fingerprint density at radius 1 is 1.12 bits per heavy atom. The van der Waals surface area contributed by atoms with Crippen LogP contribution in [0, 0.1) is 5.82 Å². The van der Waals surface area contributed by atoms with E-state index in [9.17, 15) is 14.0 Å². The SMILES string of the molecule is CC[C@H](C)N(CC(=O)N1CCc2sccc2[C@@H]1c1ccccc1)C(=O)Cc1ccc(F)cc1. The molecule has 4 rings (SSSR count). The van der Waals surface area contributed by atoms with Crippen LogP contribution in [0.15, 0.2) is 66.0 Å². The Kier molecular flexibility index (Phi) is 7.23. The van der Waals surface area contributed by atoms with Crippen LogP contribution in [0.1, 0.15) is 47.9 Å². The fraction of sp³-hybridized carbons (Fsp3) is 0.333. The van der Waals surface area contributed by atoms with Crippen molar-refractivity contribution in [3.05, 3.63) is 93.4 Å². The molecule has 2 heterocycles. The second kappa shape index (κ2) is 10.3. The first-order valence-corrected chi connectivity index (χ1v) is 12.3. The molecule has 0 bridgehead atoms. The summed E-state index contributed by atoms with van der Waals surface area (Å²) < 4.78 is 13.3. The minimum absolute atomic E-state index is 0.0395. The maximum atomic E-state index is 13.6. The summed E-state index contributed by atoms with van der Waals surface area (Å²) in [5.74, 6) is -0.493. The van der Waals surface area contributed by atoms with Crippen molar-refractivity contribution >= 4 is 23.2 Å². The molecule has 0 radical (unpaired) electrons. The highest BCUT2D eigenvalue weighted by Crippen LogP contribution is 2.37. The van der Waals surface area contributed by atoms with Crippen LogP contribution in [0.5, 0.6) is 0 Å². The maximum Gasteiger partial charge on any atom is 0.243 e. The number of rotatable bonds is 7. The number of fused-ring (bicyclic) bond motifs is 1. The van der Waals surface area contributed by atoms with Gasteiger partial charge in [0.1, 0.15) is 12.4 Å². The standard InChI is InChI=1S/C27H29FN2O2S/c1-3-19(2)30(25(31)17-20-9-11-22(28)12-10-20)18-26(32)29-15-13-24-23(14-16-33-24)27(29)21-7-5-4-6-8-21/h4-12,14,16,19,27H,3,13,15,17-18H2,1-2H3/t19-,27-/m0/s1. The van der Waals surface area contributed by atoms with Crippen LogP contribution in [-0.4, -0.2) is 40.7 Å². The number of benzene rings is 2. The van der Waals surface area contributed by atoms with Gasteiger partial charge in [0, 0.05) is 17.5 Å². The summed E-state index contributed by atoms with van der Waals surface area (Å²) in [7, 11) is 0. The minimum atomic E-state index is -0.329. The van der Waals surface area contributed by atoms with Gasteiger partial charge in [0.25, 0.3) is 0 Å². The lowest BCUT2D eigenvalue weighted by molar-refractivity contribution is -0.143. The van der Waals surface area contributed by atoms with Gasteiger partial charge in [0.05, 0.1) is 12.5 Å². The van der Waals surface area contributed by atoms with Crippen molar-refractivity contribution in [2.75, 3.05) is 13.1 Å². The molecular formula is C27H29FN2O2S. The Balaban J connectivity index is 1.56. The van der Waals surface area contributed by atoms with Gasteiger partial charge in [-0.25, -0.2) is 4.39 Å². The summed E-state index contributed by atoms with van der Waals surface area (Å²) in [4.78, 5) is 31.7. The lowest BCUT2D eigenvalue weighted by Crippen LogP contribution is -2.49. The molecule has 1 aromatic heterocycles. The highest BCUT2D eigenvalue weighted by Gasteiger charge is 2.34. The quantitative estimate of drug-likeness (QED) is 0.480. The van der Waals surface area contributed by atoms with Gasteiger partial charge in [0.2, 0.25) is 11.8 Å². The van der Waals surface area contributed by atoms with E-state index >= 15 is 0 Å². The third-order valence-corrected chi connectivity index (χ3v) is 7.42. The number of amides is 2. The summed E-state index contributed by atoms with van der Waals surface area (Å²) in [6.07, 6.45) is 1.73. The van der Waals surface area contributed by atoms with Gasteiger partial charge >= 0.3 is 0 Å². The number of halogens is 1. The molecule has 4 nitrogen and oxygen atoms in total. The molecule has 2 aromatic carbocycles. The number of thiophene rings is 1. The highest BCUT2D eigenvalue weighted by molar-refractivity contribution is 7.10. The molecule has 172 valence electrons. The van der Waals surface area contributed by atoms with Crippen LogP contribution in [0.2, 0.25) is 0 Å². The number of hydrogen-bond acceptors (Lipinski definition) is 3. The van der Waals surface area contributed by atoms with E-state index in [1.807, 2.05) is 36.9 Å². The smallest absolute Gasteiger partial charge is 0.243 e. The van der Waals surface area contributed by atoms with Gasteiger partial charge < -0.3 is 9.80 Å². The number of hydrogen-bond donors (Lipinski definition) is 0. The largest absolute Gasteiger partial charge is 0.330 e. The van der Waals surface area contributed by atoms with Gasteiger partial charge in [0.15, 0.2) is 0 Å². The van der Waals surface area contributed by atoms with Gasteiger partial charge in [-0.3, -0.25) is 9.59 Å². The summed E-state index contributed by atoms with van der Waals surface area (Å²) in [5, 5.41) is 2.09. The second-order valence-corrected chi connectivity index (χ2v) is 9.53. The van der Waals surface area contributed by atoms with Gasteiger partial charge in [-0.15, -0.1) is 11.3 Å². The Hall–Kier alpha value is -2.99. The van der Waals surface area contributed by atoms with E-state index in [0.717, 1.165) is 24.0 Å². The van der Waals surface area contributed by atoms with Crippen LogP contribution >= 0.6 is 11.3 Å². The number of nitrogens with zero attached hydrogens (tertiary/aromatic N) is 2. The molecule has 0 spiro atoms. The molecule has 2 atom stereocenters. The molecule has 1 aliphatic heterocycles. The first kappa shape index (κ1) is 23.2. The van der Waals surface area contributed by atoms with Crippen LogP contribution in [0.3, 0.4) is 0 Å². The predicted molar refractivity (Wildman–Crippen MR) is 130 cm³/mol. The third-order valence-electron chi connectivity index (χ3n) is 6.42. The Labute approximate surface area is 198 Å². The lowest BCUT2D eigenvalue weighted by atomic mass is 9.93. The zero-order valence-corrected chi connectivity index (χ0v) is 19.9. The average Bonchev–Trinajstić information content (AvgIpc) is 3.32. The van der Waals surface area contributed by atoms with Crippen molar-refractivity contribution < 1.29 is 14.0 Å². The van der Waals surface area contributed by atoms with Gasteiger partial charge in [-0.05, 0) is 60.0 Å². The molecule has 2 amide bonds. The van der Waals surface area contributed by atoms with Crippen molar-refractivity contribution in [3.8, 4) is 0 Å². The molecule has 1 aliphatic rings. The normalized spacial score (nSPS) is 16.2. The summed E-state index contributed by atoms with van der Waals surface area (Å²) in [6.45, 7) is 4.65. The first-order chi connectivity index (χ1) is 16.0. The maximum absolute atomic E-state index is 13.6. The second-order valence-electron chi connectivity index (χ2n) is 8.53. The summed E-state index contributed by atoms with van der Waals surface area (Å²) >= 11 is 1.74. The molecule has 0 unspecified atom stereocenters. The van der Waals surface area contributed by atoms with Crippen LogP contribution < -0.4 is 0 Å². The van der Waals surface area contributed by atoms with Crippen molar-refractivity contribution in [1.82, 2.24) is 9.80 Å². The molecule has 0 saturated heterocycles. The van der Waals surface area contributed by atoms with Crippen molar-refractivity contribution in [2.45, 2.75) is 45.2 Å². The van der Waals surface area contributed by atoms with Crippen molar-refractivity contribution in [1.29, 1.82) is 0 Å². The van der Waals surface area contributed by atoms with Crippen LogP contribution in [0.4, 0.5) is 4.39 Å². The van der Waals surface area contributed by atoms with E-state index in [1.165, 1.54) is 22.6 Å². The number of carbonyl (C=O) groups is 2. The minimum Gasteiger partial charge on any atom is -0.330 e. The third kappa shape index (κ3) is 5.17. The van der Waals surface area contributed by atoms with E-state index in [-0.39, 0.29) is 42.7 Å². The topological polar surface area (TPSA) is 40.6 Å². The van der Waals surface area contributed by atoms with E-state index in [4.69, 9.17) is 0 Å². The van der Waals surface area contributed by atoms with E-state index in [0.29, 0.717) is 6.54 Å². The Bertz CT molecular complexity index is 1100. The molecule has 0 saturated carbocycles. The van der Waals surface area contributed by atoms with Crippen molar-refractivity contribution in [3.63, 3.8) is 0 Å². The first-order valence-electron chi connectivity index (χ1n) is 11.4. The van der Waals surface area contributed by atoms with Gasteiger partial charge in [-0.2, -0.15) is 0 Å². The van der Waals surface area contributed by atoms with Crippen LogP contribution in [-0.2, 0) is 22.4 Å². The monoisotopic (exact) mass is 464 g/mol. The fourth-order valence-electron chi connectivity index (χ4n) is 4.41. The van der Waals surface area contributed by atoms with E-state index < -0.39 is 0 Å². The summed E-state index contributed by atoms with van der Waals surface area (Å²) in [6, 6.07) is 18.0. The van der Waals surface area contributed by atoms with Crippen LogP contribution in [0.25, 0.3) is 0 Å². The zero-order valence-electron chi connectivity index (χ0n) is 19.0. The Morgan fingerprint density at radius 2 is 1.85 bits per heavy atom. The molecule has 6 heteroatoms. The fourth-order valence-corrected chi connectivity index (χ4v) is 5.31. The number of carbonyl (C=O) groups excluding carboxylic acids is 2. The molecule has 33 heavy (non-hydrogen) atoms. The molecule has 0 fully saturated rings. The molecule has 3 aromatic rings. The van der Waals surface area contributed by atoms with E-state index in [1.54, 1.807) is 28.4 Å².